The van der Waals surface area contributed by atoms with Gasteiger partial charge in [-0.2, -0.15) is 0 Å². The zero-order valence-electron chi connectivity index (χ0n) is 7.92. The van der Waals surface area contributed by atoms with Gasteiger partial charge in [0.1, 0.15) is 0 Å². The number of carbonyl (C=O) groups excluding carboxylic acids is 1. The number of amides is 1. The molecule has 0 aliphatic heterocycles. The van der Waals surface area contributed by atoms with Crippen molar-refractivity contribution in [2.75, 3.05) is 0 Å². The van der Waals surface area contributed by atoms with E-state index in [-0.39, 0.29) is 5.91 Å². The number of carbonyl (C=O) groups is 1. The number of hydrogen-bond donors (Lipinski definition) is 2. The quantitative estimate of drug-likeness (QED) is 0.882. The Hall–Kier alpha value is -0.390. The lowest BCUT2D eigenvalue weighted by Crippen LogP contribution is -2.39. The van der Waals surface area contributed by atoms with Crippen molar-refractivity contribution in [2.24, 2.45) is 5.73 Å². The fourth-order valence-corrected chi connectivity index (χ4v) is 2.15. The molecule has 3 N–H and O–H groups in total. The normalized spacial score (nSPS) is 12.5. The van der Waals surface area contributed by atoms with Gasteiger partial charge in [-0.1, -0.05) is 6.92 Å². The lowest BCUT2D eigenvalue weighted by atomic mass is 10.2. The molecule has 0 aromatic carbocycles. The fraction of sp³-hybridized carbons (Fsp3) is 0.444. The topological polar surface area (TPSA) is 55.1 Å². The van der Waals surface area contributed by atoms with Crippen molar-refractivity contribution in [1.82, 2.24) is 5.32 Å². The van der Waals surface area contributed by atoms with Gasteiger partial charge in [0.05, 0.1) is 9.83 Å². The Labute approximate surface area is 95.8 Å². The molecule has 0 saturated heterocycles. The van der Waals surface area contributed by atoms with Crippen molar-refractivity contribution in [1.29, 1.82) is 0 Å². The molecule has 0 unspecified atom stereocenters. The van der Waals surface area contributed by atoms with E-state index in [1.54, 1.807) is 11.3 Å². The molecule has 0 saturated carbocycles. The van der Waals surface area contributed by atoms with Gasteiger partial charge in [-0.3, -0.25) is 4.79 Å². The molecule has 5 heteroatoms. The Bertz CT molecular complexity index is 314. The summed E-state index contributed by atoms with van der Waals surface area (Å²) in [4.78, 5) is 11.3. The second kappa shape index (κ2) is 5.48. The van der Waals surface area contributed by atoms with E-state index in [1.807, 2.05) is 18.4 Å². The minimum atomic E-state index is -0.392. The van der Waals surface area contributed by atoms with Crippen molar-refractivity contribution < 1.29 is 4.79 Å². The molecule has 0 aliphatic carbocycles. The van der Waals surface area contributed by atoms with Crippen LogP contribution in [0.25, 0.3) is 0 Å². The van der Waals surface area contributed by atoms with E-state index >= 15 is 0 Å². The van der Waals surface area contributed by atoms with Crippen LogP contribution >= 0.6 is 27.3 Å². The SMILES string of the molecule is CC[C@H](N)C(=O)NCc1csc(Br)c1. The van der Waals surface area contributed by atoms with Gasteiger partial charge < -0.3 is 11.1 Å². The smallest absolute Gasteiger partial charge is 0.237 e. The van der Waals surface area contributed by atoms with E-state index in [9.17, 15) is 4.79 Å². The van der Waals surface area contributed by atoms with Gasteiger partial charge in [0.2, 0.25) is 5.91 Å². The molecule has 14 heavy (non-hydrogen) atoms. The molecule has 3 nitrogen and oxygen atoms in total. The van der Waals surface area contributed by atoms with E-state index in [0.717, 1.165) is 9.35 Å². The summed E-state index contributed by atoms with van der Waals surface area (Å²) in [5, 5.41) is 4.79. The summed E-state index contributed by atoms with van der Waals surface area (Å²) in [6.45, 7) is 2.44. The van der Waals surface area contributed by atoms with Gasteiger partial charge in [0.15, 0.2) is 0 Å². The molecule has 0 fully saturated rings. The fourth-order valence-electron chi connectivity index (χ4n) is 0.944. The minimum Gasteiger partial charge on any atom is -0.351 e. The Morgan fingerprint density at radius 3 is 3.00 bits per heavy atom. The highest BCUT2D eigenvalue weighted by molar-refractivity contribution is 9.11. The molecule has 78 valence electrons. The maximum atomic E-state index is 11.3. The van der Waals surface area contributed by atoms with Crippen LogP contribution < -0.4 is 11.1 Å². The summed E-state index contributed by atoms with van der Waals surface area (Å²) in [6, 6.07) is 1.60. The molecule has 0 spiro atoms. The molecular weight excluding hydrogens is 264 g/mol. The average molecular weight is 277 g/mol. The summed E-state index contributed by atoms with van der Waals surface area (Å²) in [5.74, 6) is -0.0881. The van der Waals surface area contributed by atoms with Gasteiger partial charge >= 0.3 is 0 Å². The number of halogens is 1. The number of rotatable bonds is 4. The Morgan fingerprint density at radius 1 is 1.79 bits per heavy atom. The van der Waals surface area contributed by atoms with Crippen molar-refractivity contribution in [3.05, 3.63) is 20.8 Å². The number of thiophene rings is 1. The zero-order valence-corrected chi connectivity index (χ0v) is 10.3. The predicted octanol–water partition coefficient (Wildman–Crippen LogP) is 1.86. The summed E-state index contributed by atoms with van der Waals surface area (Å²) >= 11 is 4.97. The van der Waals surface area contributed by atoms with E-state index in [1.165, 1.54) is 0 Å². The van der Waals surface area contributed by atoms with Crippen LogP contribution in [-0.4, -0.2) is 11.9 Å². The standard InChI is InChI=1S/C9H13BrN2OS/c1-2-7(11)9(13)12-4-6-3-8(10)14-5-6/h3,5,7H,2,4,11H2,1H3,(H,12,13)/t7-/m0/s1. The summed E-state index contributed by atoms with van der Waals surface area (Å²) in [5.41, 5.74) is 6.66. The Balaban J connectivity index is 2.37. The molecule has 0 aliphatic rings. The second-order valence-corrected chi connectivity index (χ2v) is 5.28. The minimum absolute atomic E-state index is 0.0881. The number of hydrogen-bond acceptors (Lipinski definition) is 3. The third-order valence-corrected chi connectivity index (χ3v) is 3.42. The molecule has 1 amide bonds. The zero-order chi connectivity index (χ0) is 10.6. The van der Waals surface area contributed by atoms with Crippen LogP contribution in [0.2, 0.25) is 0 Å². The van der Waals surface area contributed by atoms with E-state index < -0.39 is 6.04 Å². The van der Waals surface area contributed by atoms with Crippen LogP contribution in [0.3, 0.4) is 0 Å². The summed E-state index contributed by atoms with van der Waals surface area (Å²) in [7, 11) is 0. The number of nitrogens with one attached hydrogen (secondary N) is 1. The average Bonchev–Trinajstić information content (AvgIpc) is 2.59. The lowest BCUT2D eigenvalue weighted by molar-refractivity contribution is -0.122. The first-order valence-electron chi connectivity index (χ1n) is 4.39. The highest BCUT2D eigenvalue weighted by atomic mass is 79.9. The monoisotopic (exact) mass is 276 g/mol. The molecule has 1 rings (SSSR count). The molecule has 1 heterocycles. The van der Waals surface area contributed by atoms with Crippen LogP contribution in [-0.2, 0) is 11.3 Å². The van der Waals surface area contributed by atoms with Crippen molar-refractivity contribution in [2.45, 2.75) is 25.9 Å². The third-order valence-electron chi connectivity index (χ3n) is 1.87. The van der Waals surface area contributed by atoms with Crippen LogP contribution in [0.5, 0.6) is 0 Å². The first-order chi connectivity index (χ1) is 6.63. The van der Waals surface area contributed by atoms with Crippen molar-refractivity contribution in [3.8, 4) is 0 Å². The summed E-state index contributed by atoms with van der Waals surface area (Å²) in [6.07, 6.45) is 0.666. The van der Waals surface area contributed by atoms with Gasteiger partial charge in [-0.05, 0) is 39.4 Å². The van der Waals surface area contributed by atoms with Gasteiger partial charge in [0.25, 0.3) is 0 Å². The predicted molar refractivity (Wildman–Crippen MR) is 62.1 cm³/mol. The van der Waals surface area contributed by atoms with Crippen LogP contribution in [0, 0.1) is 0 Å². The van der Waals surface area contributed by atoms with Crippen LogP contribution in [0.15, 0.2) is 15.2 Å². The lowest BCUT2D eigenvalue weighted by Gasteiger charge is -2.08. The van der Waals surface area contributed by atoms with Crippen molar-refractivity contribution >= 4 is 33.2 Å². The first-order valence-corrected chi connectivity index (χ1v) is 6.07. The van der Waals surface area contributed by atoms with E-state index in [0.29, 0.717) is 13.0 Å². The van der Waals surface area contributed by atoms with Gasteiger partial charge in [0, 0.05) is 6.54 Å². The molecular formula is C9H13BrN2OS. The molecule has 1 aromatic heterocycles. The maximum absolute atomic E-state index is 11.3. The largest absolute Gasteiger partial charge is 0.351 e. The molecule has 1 aromatic rings. The molecule has 0 bridgehead atoms. The van der Waals surface area contributed by atoms with Gasteiger partial charge in [-0.25, -0.2) is 0 Å². The third kappa shape index (κ3) is 3.40. The summed E-state index contributed by atoms with van der Waals surface area (Å²) < 4.78 is 1.07. The van der Waals surface area contributed by atoms with E-state index in [2.05, 4.69) is 21.2 Å². The van der Waals surface area contributed by atoms with Crippen LogP contribution in [0.4, 0.5) is 0 Å². The van der Waals surface area contributed by atoms with Crippen LogP contribution in [0.1, 0.15) is 18.9 Å². The molecule has 0 radical (unpaired) electrons. The van der Waals surface area contributed by atoms with Gasteiger partial charge in [-0.15, -0.1) is 11.3 Å². The molecule has 1 atom stereocenters. The Kier molecular flexibility index (Phi) is 4.57. The first kappa shape index (κ1) is 11.7. The highest BCUT2D eigenvalue weighted by Gasteiger charge is 2.09. The highest BCUT2D eigenvalue weighted by Crippen LogP contribution is 2.20. The van der Waals surface area contributed by atoms with E-state index in [4.69, 9.17) is 5.73 Å². The maximum Gasteiger partial charge on any atom is 0.237 e. The Morgan fingerprint density at radius 2 is 2.50 bits per heavy atom. The van der Waals surface area contributed by atoms with Crippen molar-refractivity contribution in [3.63, 3.8) is 0 Å². The second-order valence-electron chi connectivity index (χ2n) is 2.99. The number of nitrogens with two attached hydrogens (primary N) is 1.